The number of para-hydroxylation sites is 2. The zero-order valence-corrected chi connectivity index (χ0v) is 16.4. The number of benzene rings is 2. The Kier molecular flexibility index (Phi) is 5.13. The Morgan fingerprint density at radius 2 is 1.87 bits per heavy atom. The Hall–Kier alpha value is -3.10. The van der Waals surface area contributed by atoms with Gasteiger partial charge in [0.15, 0.2) is 0 Å². The fourth-order valence-electron chi connectivity index (χ4n) is 3.25. The van der Waals surface area contributed by atoms with Crippen LogP contribution in [0.15, 0.2) is 66.4 Å². The fourth-order valence-corrected chi connectivity index (χ4v) is 3.47. The van der Waals surface area contributed by atoms with E-state index in [9.17, 15) is 18.0 Å². The molecule has 1 aliphatic rings. The second-order valence-corrected chi connectivity index (χ2v) is 7.18. The first-order valence-electron chi connectivity index (χ1n) is 9.01. The Labute approximate surface area is 175 Å². The van der Waals surface area contributed by atoms with Crippen molar-refractivity contribution in [3.63, 3.8) is 0 Å². The molecule has 2 aromatic carbocycles. The number of carbonyl (C=O) groups excluding carboxylic acids is 1. The largest absolute Gasteiger partial charge is 0.409 e. The molecular weight excluding hydrogens is 417 g/mol. The van der Waals surface area contributed by atoms with Gasteiger partial charge in [-0.1, -0.05) is 41.9 Å². The molecule has 0 saturated carbocycles. The maximum Gasteiger partial charge on any atom is 0.409 e. The summed E-state index contributed by atoms with van der Waals surface area (Å²) in [4.78, 5) is 17.5. The lowest BCUT2D eigenvalue weighted by molar-refractivity contribution is -0.142. The van der Waals surface area contributed by atoms with Crippen LogP contribution >= 0.6 is 11.6 Å². The molecule has 30 heavy (non-hydrogen) atoms. The third-order valence-corrected chi connectivity index (χ3v) is 4.92. The van der Waals surface area contributed by atoms with Crippen molar-refractivity contribution in [2.24, 2.45) is 0 Å². The van der Waals surface area contributed by atoms with Crippen LogP contribution in [-0.2, 0) is 4.79 Å². The van der Waals surface area contributed by atoms with Crippen molar-refractivity contribution in [3.8, 4) is 0 Å². The van der Waals surface area contributed by atoms with Gasteiger partial charge < -0.3 is 5.32 Å². The SMILES string of the molecule is Cc1cc(NC(=O)C2=CC(C(F)(F)F)NN2c2ccccc2Cl)c2ccccc2n1. The number of amides is 1. The molecule has 5 nitrogen and oxygen atoms in total. The number of carbonyl (C=O) groups is 1. The first-order valence-corrected chi connectivity index (χ1v) is 9.39. The second kappa shape index (κ2) is 7.62. The summed E-state index contributed by atoms with van der Waals surface area (Å²) < 4.78 is 40.1. The molecule has 1 atom stereocenters. The smallest absolute Gasteiger partial charge is 0.320 e. The molecule has 4 rings (SSSR count). The van der Waals surface area contributed by atoms with Crippen molar-refractivity contribution >= 4 is 39.8 Å². The van der Waals surface area contributed by atoms with E-state index in [4.69, 9.17) is 11.6 Å². The lowest BCUT2D eigenvalue weighted by Crippen LogP contribution is -2.45. The van der Waals surface area contributed by atoms with E-state index >= 15 is 0 Å². The molecule has 1 aromatic heterocycles. The van der Waals surface area contributed by atoms with Crippen molar-refractivity contribution in [2.45, 2.75) is 19.1 Å². The number of hydrogen-bond acceptors (Lipinski definition) is 4. The summed E-state index contributed by atoms with van der Waals surface area (Å²) in [6.45, 7) is 1.77. The minimum atomic E-state index is -4.58. The van der Waals surface area contributed by atoms with Gasteiger partial charge in [-0.05, 0) is 37.3 Å². The summed E-state index contributed by atoms with van der Waals surface area (Å²) in [5.74, 6) is -0.704. The number of anilines is 2. The quantitative estimate of drug-likeness (QED) is 0.613. The average Bonchev–Trinajstić information content (AvgIpc) is 3.14. The topological polar surface area (TPSA) is 57.3 Å². The summed E-state index contributed by atoms with van der Waals surface area (Å²) in [5, 5.41) is 4.67. The number of nitrogens with zero attached hydrogens (tertiary/aromatic N) is 2. The molecule has 0 saturated heterocycles. The Morgan fingerprint density at radius 1 is 1.17 bits per heavy atom. The minimum Gasteiger partial charge on any atom is -0.320 e. The van der Waals surface area contributed by atoms with Crippen LogP contribution in [0.4, 0.5) is 24.5 Å². The van der Waals surface area contributed by atoms with Gasteiger partial charge in [0.2, 0.25) is 0 Å². The van der Waals surface area contributed by atoms with E-state index in [-0.39, 0.29) is 16.4 Å². The van der Waals surface area contributed by atoms with Gasteiger partial charge in [-0.3, -0.25) is 14.8 Å². The van der Waals surface area contributed by atoms with Gasteiger partial charge in [0, 0.05) is 11.1 Å². The van der Waals surface area contributed by atoms with E-state index in [0.717, 1.165) is 11.1 Å². The number of hydrogen-bond donors (Lipinski definition) is 2. The molecule has 3 aromatic rings. The average molecular weight is 433 g/mol. The van der Waals surface area contributed by atoms with Crippen LogP contribution in [-0.4, -0.2) is 23.1 Å². The van der Waals surface area contributed by atoms with Gasteiger partial charge in [-0.2, -0.15) is 13.2 Å². The van der Waals surface area contributed by atoms with Crippen molar-refractivity contribution in [3.05, 3.63) is 77.1 Å². The summed E-state index contributed by atoms with van der Waals surface area (Å²) in [6, 6.07) is 13.2. The maximum absolute atomic E-state index is 13.4. The predicted octanol–water partition coefficient (Wildman–Crippen LogP) is 4.97. The van der Waals surface area contributed by atoms with Crippen molar-refractivity contribution in [2.75, 3.05) is 10.3 Å². The highest BCUT2D eigenvalue weighted by atomic mass is 35.5. The standard InChI is InChI=1S/C21H16ClF3N4O/c1-12-10-16(13-6-2-4-8-15(13)26-12)27-20(30)18-11-19(21(23,24)25)28-29(18)17-9-5-3-7-14(17)22/h2-11,19,28H,1H3,(H,26,27,30). The van der Waals surface area contributed by atoms with E-state index in [2.05, 4.69) is 15.7 Å². The van der Waals surface area contributed by atoms with Gasteiger partial charge in [0.05, 0.1) is 21.9 Å². The number of nitrogens with one attached hydrogen (secondary N) is 2. The lowest BCUT2D eigenvalue weighted by atomic mass is 10.1. The van der Waals surface area contributed by atoms with Crippen molar-refractivity contribution in [1.82, 2.24) is 10.4 Å². The Balaban J connectivity index is 1.73. The summed E-state index contributed by atoms with van der Waals surface area (Å²) in [6.07, 6.45) is -3.74. The van der Waals surface area contributed by atoms with E-state index in [0.29, 0.717) is 22.3 Å². The zero-order valence-electron chi connectivity index (χ0n) is 15.7. The number of hydrazine groups is 1. The molecule has 1 unspecified atom stereocenters. The molecule has 0 fully saturated rings. The van der Waals surface area contributed by atoms with Crippen LogP contribution in [0.2, 0.25) is 5.02 Å². The second-order valence-electron chi connectivity index (χ2n) is 6.77. The van der Waals surface area contributed by atoms with Gasteiger partial charge in [-0.25, -0.2) is 5.43 Å². The number of rotatable bonds is 3. The summed E-state index contributed by atoms with van der Waals surface area (Å²) in [5.41, 5.74) is 4.14. The monoisotopic (exact) mass is 432 g/mol. The van der Waals surface area contributed by atoms with E-state index in [1.54, 1.807) is 43.3 Å². The normalized spacial score (nSPS) is 16.6. The Bertz CT molecular complexity index is 1160. The summed E-state index contributed by atoms with van der Waals surface area (Å²) in [7, 11) is 0. The van der Waals surface area contributed by atoms with Crippen molar-refractivity contribution in [1.29, 1.82) is 0 Å². The third kappa shape index (κ3) is 3.83. The predicted molar refractivity (Wildman–Crippen MR) is 110 cm³/mol. The van der Waals surface area contributed by atoms with Crippen LogP contribution in [0.3, 0.4) is 0 Å². The van der Waals surface area contributed by atoms with Crippen LogP contribution in [0.1, 0.15) is 5.69 Å². The fraction of sp³-hybridized carbons (Fsp3) is 0.143. The number of halogens is 4. The molecule has 2 heterocycles. The first kappa shape index (κ1) is 20.2. The molecule has 0 radical (unpaired) electrons. The van der Waals surface area contributed by atoms with Crippen LogP contribution < -0.4 is 15.8 Å². The molecule has 9 heteroatoms. The molecule has 1 amide bonds. The lowest BCUT2D eigenvalue weighted by Gasteiger charge is -2.25. The highest BCUT2D eigenvalue weighted by molar-refractivity contribution is 6.33. The molecule has 0 bridgehead atoms. The minimum absolute atomic E-state index is 0.205. The van der Waals surface area contributed by atoms with Gasteiger partial charge in [0.25, 0.3) is 5.91 Å². The zero-order chi connectivity index (χ0) is 21.5. The highest BCUT2D eigenvalue weighted by Gasteiger charge is 2.45. The number of aromatic nitrogens is 1. The molecule has 2 N–H and O–H groups in total. The Morgan fingerprint density at radius 3 is 2.60 bits per heavy atom. The number of pyridine rings is 1. The van der Waals surface area contributed by atoms with Gasteiger partial charge >= 0.3 is 6.18 Å². The number of fused-ring (bicyclic) bond motifs is 1. The number of aryl methyl sites for hydroxylation is 1. The van der Waals surface area contributed by atoms with E-state index < -0.39 is 18.1 Å². The van der Waals surface area contributed by atoms with Gasteiger partial charge in [0.1, 0.15) is 11.7 Å². The third-order valence-electron chi connectivity index (χ3n) is 4.60. The molecular formula is C21H16ClF3N4O. The van der Waals surface area contributed by atoms with Crippen LogP contribution in [0.5, 0.6) is 0 Å². The molecule has 154 valence electrons. The van der Waals surface area contributed by atoms with Crippen molar-refractivity contribution < 1.29 is 18.0 Å². The van der Waals surface area contributed by atoms with Crippen LogP contribution in [0.25, 0.3) is 10.9 Å². The highest BCUT2D eigenvalue weighted by Crippen LogP contribution is 2.34. The van der Waals surface area contributed by atoms with E-state index in [1.807, 2.05) is 6.07 Å². The molecule has 0 aliphatic carbocycles. The maximum atomic E-state index is 13.4. The van der Waals surface area contributed by atoms with Gasteiger partial charge in [-0.15, -0.1) is 0 Å². The van der Waals surface area contributed by atoms with E-state index in [1.165, 1.54) is 12.1 Å². The number of alkyl halides is 3. The molecule has 1 aliphatic heterocycles. The molecule has 0 spiro atoms. The van der Waals surface area contributed by atoms with Crippen LogP contribution in [0, 0.1) is 6.92 Å². The first-order chi connectivity index (χ1) is 14.2. The summed E-state index contributed by atoms with van der Waals surface area (Å²) >= 11 is 6.17.